The van der Waals surface area contributed by atoms with Crippen molar-refractivity contribution in [1.82, 2.24) is 14.3 Å². The Kier molecular flexibility index (Phi) is 5.00. The summed E-state index contributed by atoms with van der Waals surface area (Å²) in [7, 11) is -2.64. The topological polar surface area (TPSA) is 119 Å². The number of aromatic nitrogens is 2. The minimum Gasteiger partial charge on any atom is -0.497 e. The van der Waals surface area contributed by atoms with E-state index in [1.165, 1.54) is 23.5 Å². The molecule has 0 N–H and O–H groups in total. The van der Waals surface area contributed by atoms with Crippen LogP contribution in [0.2, 0.25) is 0 Å². The molecule has 1 fully saturated rings. The van der Waals surface area contributed by atoms with Crippen LogP contribution in [0.15, 0.2) is 41.6 Å². The molecule has 0 saturated carbocycles. The van der Waals surface area contributed by atoms with E-state index in [9.17, 15) is 18.5 Å². The van der Waals surface area contributed by atoms with Gasteiger partial charge in [0.2, 0.25) is 16.0 Å². The van der Waals surface area contributed by atoms with Crippen LogP contribution < -0.4 is 9.64 Å². The van der Waals surface area contributed by atoms with Gasteiger partial charge in [0.1, 0.15) is 5.75 Å². The lowest BCUT2D eigenvalue weighted by Crippen LogP contribution is -2.49. The van der Waals surface area contributed by atoms with Crippen LogP contribution in [-0.2, 0) is 10.0 Å². The summed E-state index contributed by atoms with van der Waals surface area (Å²) < 4.78 is 32.0. The van der Waals surface area contributed by atoms with Crippen molar-refractivity contribution in [1.29, 1.82) is 0 Å². The molecule has 0 amide bonds. The molecule has 1 aliphatic heterocycles. The fraction of sp³-hybridized carbons (Fsp3) is 0.333. The molecule has 0 bridgehead atoms. The fourth-order valence-corrected chi connectivity index (χ4v) is 4.27. The summed E-state index contributed by atoms with van der Waals surface area (Å²) >= 11 is 0. The van der Waals surface area contributed by atoms with Crippen molar-refractivity contribution in [3.05, 3.63) is 46.8 Å². The van der Waals surface area contributed by atoms with Gasteiger partial charge in [-0.15, -0.1) is 0 Å². The number of nitro groups is 1. The Morgan fingerprint density at radius 1 is 1.15 bits per heavy atom. The van der Waals surface area contributed by atoms with E-state index >= 15 is 0 Å². The predicted molar refractivity (Wildman–Crippen MR) is 92.7 cm³/mol. The first-order valence-corrected chi connectivity index (χ1v) is 9.22. The number of sulfonamides is 1. The van der Waals surface area contributed by atoms with Crippen LogP contribution in [0.3, 0.4) is 0 Å². The van der Waals surface area contributed by atoms with E-state index < -0.39 is 20.6 Å². The number of anilines is 1. The summed E-state index contributed by atoms with van der Waals surface area (Å²) in [4.78, 5) is 20.4. The highest BCUT2D eigenvalue weighted by atomic mass is 32.2. The second-order valence-electron chi connectivity index (χ2n) is 5.53. The van der Waals surface area contributed by atoms with Crippen molar-refractivity contribution in [3.63, 3.8) is 0 Å². The molecule has 2 aromatic rings. The van der Waals surface area contributed by atoms with Crippen molar-refractivity contribution in [3.8, 4) is 5.75 Å². The van der Waals surface area contributed by atoms with Crippen LogP contribution in [0.5, 0.6) is 5.75 Å². The number of ether oxygens (including phenoxy) is 1. The standard InChI is InChI=1S/C15H17N5O5S/c1-25-12-3-4-14(13(11-12)20(21)22)26(23,24)19-9-7-18(8-10-19)15-16-5-2-6-17-15/h2-6,11H,7-10H2,1H3. The van der Waals surface area contributed by atoms with Gasteiger partial charge in [0.25, 0.3) is 5.69 Å². The monoisotopic (exact) mass is 379 g/mol. The van der Waals surface area contributed by atoms with Gasteiger partial charge in [-0.1, -0.05) is 0 Å². The molecule has 2 heterocycles. The Labute approximate surface area is 150 Å². The third-order valence-electron chi connectivity index (χ3n) is 4.05. The molecule has 0 spiro atoms. The zero-order valence-electron chi connectivity index (χ0n) is 14.0. The molecule has 3 rings (SSSR count). The summed E-state index contributed by atoms with van der Waals surface area (Å²) in [6.45, 7) is 1.16. The lowest BCUT2D eigenvalue weighted by Gasteiger charge is -2.33. The van der Waals surface area contributed by atoms with E-state index in [4.69, 9.17) is 4.74 Å². The summed E-state index contributed by atoms with van der Waals surface area (Å²) in [5, 5.41) is 11.3. The van der Waals surface area contributed by atoms with Gasteiger partial charge in [-0.3, -0.25) is 10.1 Å². The Morgan fingerprint density at radius 3 is 2.38 bits per heavy atom. The Bertz CT molecular complexity index is 898. The number of hydrogen-bond acceptors (Lipinski definition) is 8. The number of piperazine rings is 1. The zero-order valence-corrected chi connectivity index (χ0v) is 14.8. The van der Waals surface area contributed by atoms with Gasteiger partial charge in [-0.25, -0.2) is 18.4 Å². The molecule has 26 heavy (non-hydrogen) atoms. The Balaban J connectivity index is 1.83. The molecule has 0 radical (unpaired) electrons. The van der Waals surface area contributed by atoms with Crippen LogP contribution >= 0.6 is 0 Å². The first-order chi connectivity index (χ1) is 12.4. The summed E-state index contributed by atoms with van der Waals surface area (Å²) in [6.07, 6.45) is 3.23. The molecule has 1 aromatic carbocycles. The second-order valence-corrected chi connectivity index (χ2v) is 7.44. The smallest absolute Gasteiger partial charge is 0.293 e. The number of methoxy groups -OCH3 is 1. The quantitative estimate of drug-likeness (QED) is 0.555. The van der Waals surface area contributed by atoms with Crippen molar-refractivity contribution in [2.24, 2.45) is 0 Å². The second kappa shape index (κ2) is 7.22. The molecule has 138 valence electrons. The third kappa shape index (κ3) is 3.44. The number of nitro benzene ring substituents is 1. The van der Waals surface area contributed by atoms with Gasteiger partial charge in [-0.05, 0) is 18.2 Å². The average molecular weight is 379 g/mol. The number of benzene rings is 1. The van der Waals surface area contributed by atoms with Crippen molar-refractivity contribution in [2.75, 3.05) is 38.2 Å². The normalized spacial score (nSPS) is 15.7. The highest BCUT2D eigenvalue weighted by Crippen LogP contribution is 2.31. The Morgan fingerprint density at radius 2 is 1.81 bits per heavy atom. The van der Waals surface area contributed by atoms with Gasteiger partial charge in [-0.2, -0.15) is 4.31 Å². The summed E-state index contributed by atoms with van der Waals surface area (Å²) in [6, 6.07) is 5.42. The van der Waals surface area contributed by atoms with E-state index in [2.05, 4.69) is 9.97 Å². The van der Waals surface area contributed by atoms with Gasteiger partial charge < -0.3 is 9.64 Å². The summed E-state index contributed by atoms with van der Waals surface area (Å²) in [5.74, 6) is 0.752. The van der Waals surface area contributed by atoms with E-state index in [-0.39, 0.29) is 23.7 Å². The van der Waals surface area contributed by atoms with Crippen LogP contribution in [-0.4, -0.2) is 60.9 Å². The van der Waals surface area contributed by atoms with Gasteiger partial charge >= 0.3 is 0 Å². The maximum atomic E-state index is 12.9. The molecule has 1 aliphatic rings. The first kappa shape index (κ1) is 18.0. The largest absolute Gasteiger partial charge is 0.497 e. The van der Waals surface area contributed by atoms with E-state index in [0.29, 0.717) is 19.0 Å². The average Bonchev–Trinajstić information content (AvgIpc) is 2.68. The molecule has 1 aromatic heterocycles. The first-order valence-electron chi connectivity index (χ1n) is 7.78. The third-order valence-corrected chi connectivity index (χ3v) is 6.00. The number of hydrogen-bond donors (Lipinski definition) is 0. The molecular formula is C15H17N5O5S. The minimum atomic E-state index is -4.00. The van der Waals surface area contributed by atoms with Crippen molar-refractivity contribution in [2.45, 2.75) is 4.90 Å². The molecule has 1 saturated heterocycles. The van der Waals surface area contributed by atoms with E-state index in [0.717, 1.165) is 6.07 Å². The number of nitrogens with zero attached hydrogens (tertiary/aromatic N) is 5. The molecular weight excluding hydrogens is 362 g/mol. The SMILES string of the molecule is COc1ccc(S(=O)(=O)N2CCN(c3ncccn3)CC2)c([N+](=O)[O-])c1. The fourth-order valence-electron chi connectivity index (χ4n) is 2.71. The van der Waals surface area contributed by atoms with Gasteiger partial charge in [0, 0.05) is 38.6 Å². The molecule has 11 heteroatoms. The Hall–Kier alpha value is -2.79. The van der Waals surface area contributed by atoms with Gasteiger partial charge in [0.15, 0.2) is 4.90 Å². The number of rotatable bonds is 5. The van der Waals surface area contributed by atoms with Crippen LogP contribution in [0.25, 0.3) is 0 Å². The van der Waals surface area contributed by atoms with Crippen LogP contribution in [0.1, 0.15) is 0 Å². The lowest BCUT2D eigenvalue weighted by atomic mass is 10.3. The van der Waals surface area contributed by atoms with E-state index in [1.807, 2.05) is 4.90 Å². The maximum Gasteiger partial charge on any atom is 0.293 e. The summed E-state index contributed by atoms with van der Waals surface area (Å²) in [5.41, 5.74) is -0.502. The molecule has 0 atom stereocenters. The molecule has 10 nitrogen and oxygen atoms in total. The predicted octanol–water partition coefficient (Wildman–Crippen LogP) is 0.904. The minimum absolute atomic E-state index is 0.184. The zero-order chi connectivity index (χ0) is 18.7. The van der Waals surface area contributed by atoms with Crippen molar-refractivity contribution < 1.29 is 18.1 Å². The maximum absolute atomic E-state index is 12.9. The van der Waals surface area contributed by atoms with E-state index in [1.54, 1.807) is 18.5 Å². The lowest BCUT2D eigenvalue weighted by molar-refractivity contribution is -0.387. The highest BCUT2D eigenvalue weighted by molar-refractivity contribution is 7.89. The molecule has 0 aliphatic carbocycles. The van der Waals surface area contributed by atoms with Crippen LogP contribution in [0, 0.1) is 10.1 Å². The van der Waals surface area contributed by atoms with Gasteiger partial charge in [0.05, 0.1) is 18.1 Å². The van der Waals surface area contributed by atoms with Crippen LogP contribution in [0.4, 0.5) is 11.6 Å². The highest BCUT2D eigenvalue weighted by Gasteiger charge is 2.34. The van der Waals surface area contributed by atoms with Crippen molar-refractivity contribution >= 4 is 21.7 Å². The molecule has 0 unspecified atom stereocenters.